The molecule has 0 unspecified atom stereocenters. The molecule has 5 nitrogen and oxygen atoms in total. The van der Waals surface area contributed by atoms with Gasteiger partial charge in [0.1, 0.15) is 6.54 Å². The van der Waals surface area contributed by atoms with E-state index in [1.54, 1.807) is 6.92 Å². The Bertz CT molecular complexity index is 500. The van der Waals surface area contributed by atoms with Gasteiger partial charge in [0.25, 0.3) is 0 Å². The van der Waals surface area contributed by atoms with Crippen LogP contribution in [0.5, 0.6) is 0 Å². The summed E-state index contributed by atoms with van der Waals surface area (Å²) in [7, 11) is 0. The van der Waals surface area contributed by atoms with Gasteiger partial charge in [0, 0.05) is 6.54 Å². The number of aryl methyl sites for hydroxylation is 1. The van der Waals surface area contributed by atoms with Crippen molar-refractivity contribution >= 4 is 12.0 Å². The van der Waals surface area contributed by atoms with Crippen molar-refractivity contribution in [3.63, 3.8) is 0 Å². The fourth-order valence-corrected chi connectivity index (χ4v) is 2.54. The lowest BCUT2D eigenvalue weighted by atomic mass is 10.0. The molecule has 0 heterocycles. The monoisotopic (exact) mass is 348 g/mol. The van der Waals surface area contributed by atoms with Crippen LogP contribution in [0.3, 0.4) is 0 Å². The maximum absolute atomic E-state index is 11.6. The van der Waals surface area contributed by atoms with E-state index in [1.165, 1.54) is 44.1 Å². The molecule has 0 aliphatic rings. The summed E-state index contributed by atoms with van der Waals surface area (Å²) in [6, 6.07) is 7.96. The number of hydrogen-bond acceptors (Lipinski definition) is 3. The maximum atomic E-state index is 11.6. The molecule has 0 bridgehead atoms. The van der Waals surface area contributed by atoms with Crippen LogP contribution in [0.15, 0.2) is 24.3 Å². The highest BCUT2D eigenvalue weighted by Gasteiger charge is 2.05. The predicted molar refractivity (Wildman–Crippen MR) is 100 cm³/mol. The lowest BCUT2D eigenvalue weighted by Crippen LogP contribution is -2.38. The number of rotatable bonds is 12. The molecule has 0 fully saturated rings. The number of esters is 1. The molecule has 0 spiro atoms. The van der Waals surface area contributed by atoms with E-state index in [1.807, 2.05) is 12.1 Å². The third kappa shape index (κ3) is 10.4. The van der Waals surface area contributed by atoms with Crippen LogP contribution in [0.4, 0.5) is 4.79 Å². The summed E-state index contributed by atoms with van der Waals surface area (Å²) in [5.74, 6) is -0.434. The van der Waals surface area contributed by atoms with Gasteiger partial charge in [-0.25, -0.2) is 4.79 Å². The molecule has 1 aromatic rings. The lowest BCUT2D eigenvalue weighted by Gasteiger charge is -2.08. The van der Waals surface area contributed by atoms with Crippen molar-refractivity contribution in [3.05, 3.63) is 35.4 Å². The zero-order valence-corrected chi connectivity index (χ0v) is 15.6. The molecule has 2 N–H and O–H groups in total. The lowest BCUT2D eigenvalue weighted by molar-refractivity contribution is -0.141. The van der Waals surface area contributed by atoms with Crippen molar-refractivity contribution in [2.24, 2.45) is 0 Å². The van der Waals surface area contributed by atoms with Gasteiger partial charge in [-0.15, -0.1) is 0 Å². The molecule has 0 saturated carbocycles. The highest BCUT2D eigenvalue weighted by Crippen LogP contribution is 2.11. The van der Waals surface area contributed by atoms with E-state index in [-0.39, 0.29) is 12.6 Å². The fraction of sp³-hybridized carbons (Fsp3) is 0.600. The van der Waals surface area contributed by atoms with E-state index >= 15 is 0 Å². The predicted octanol–water partition coefficient (Wildman–Crippen LogP) is 3.95. The number of benzene rings is 1. The van der Waals surface area contributed by atoms with Crippen LogP contribution >= 0.6 is 0 Å². The number of carbonyl (C=O) groups is 2. The smallest absolute Gasteiger partial charge is 0.325 e. The highest BCUT2D eigenvalue weighted by molar-refractivity contribution is 5.80. The second-order valence-electron chi connectivity index (χ2n) is 6.18. The number of ether oxygens (including phenoxy) is 1. The summed E-state index contributed by atoms with van der Waals surface area (Å²) in [6.07, 6.45) is 8.95. The molecule has 140 valence electrons. The molecule has 2 amide bonds. The summed E-state index contributed by atoms with van der Waals surface area (Å²) in [5.41, 5.74) is 2.38. The van der Waals surface area contributed by atoms with Crippen molar-refractivity contribution in [3.8, 4) is 0 Å². The Kier molecular flexibility index (Phi) is 11.2. The molecule has 5 heteroatoms. The SMILES string of the molecule is CCCCCCCCc1ccc(CNC(=O)NCC(=O)OCC)cc1. The average Bonchev–Trinajstić information content (AvgIpc) is 2.62. The average molecular weight is 348 g/mol. The molecule has 1 rings (SSSR count). The first kappa shape index (κ1) is 21.0. The molecular formula is C20H32N2O3. The molecule has 0 saturated heterocycles. The number of unbranched alkanes of at least 4 members (excludes halogenated alkanes) is 5. The first-order chi connectivity index (χ1) is 12.2. The Morgan fingerprint density at radius 2 is 1.52 bits per heavy atom. The van der Waals surface area contributed by atoms with Gasteiger partial charge in [-0.2, -0.15) is 0 Å². The minimum atomic E-state index is -0.434. The van der Waals surface area contributed by atoms with Gasteiger partial charge in [-0.1, -0.05) is 63.3 Å². The van der Waals surface area contributed by atoms with Crippen LogP contribution in [0.1, 0.15) is 63.5 Å². The largest absolute Gasteiger partial charge is 0.465 e. The summed E-state index contributed by atoms with van der Waals surface area (Å²) in [5, 5.41) is 5.20. The number of carbonyl (C=O) groups excluding carboxylic acids is 2. The van der Waals surface area contributed by atoms with Crippen LogP contribution < -0.4 is 10.6 Å². The Hall–Kier alpha value is -2.04. The summed E-state index contributed by atoms with van der Waals surface area (Å²) < 4.78 is 4.75. The quantitative estimate of drug-likeness (QED) is 0.444. The molecule has 0 aromatic heterocycles. The number of nitrogens with one attached hydrogen (secondary N) is 2. The second kappa shape index (κ2) is 13.3. The van der Waals surface area contributed by atoms with Gasteiger partial charge < -0.3 is 15.4 Å². The van der Waals surface area contributed by atoms with Crippen LogP contribution in [0.2, 0.25) is 0 Å². The van der Waals surface area contributed by atoms with Crippen LogP contribution in [-0.2, 0) is 22.5 Å². The molecule has 25 heavy (non-hydrogen) atoms. The Morgan fingerprint density at radius 1 is 0.880 bits per heavy atom. The van der Waals surface area contributed by atoms with E-state index < -0.39 is 5.97 Å². The Morgan fingerprint density at radius 3 is 2.20 bits per heavy atom. The summed E-state index contributed by atoms with van der Waals surface area (Å²) in [6.45, 7) is 4.60. The first-order valence-electron chi connectivity index (χ1n) is 9.40. The third-order valence-corrected chi connectivity index (χ3v) is 3.99. The van der Waals surface area contributed by atoms with E-state index in [0.29, 0.717) is 13.2 Å². The van der Waals surface area contributed by atoms with Crippen molar-refractivity contribution in [2.45, 2.75) is 65.3 Å². The van der Waals surface area contributed by atoms with Crippen molar-refractivity contribution in [2.75, 3.05) is 13.2 Å². The van der Waals surface area contributed by atoms with E-state index in [0.717, 1.165) is 12.0 Å². The zero-order valence-electron chi connectivity index (χ0n) is 15.6. The molecule has 0 radical (unpaired) electrons. The molecule has 0 aliphatic heterocycles. The summed E-state index contributed by atoms with van der Waals surface area (Å²) >= 11 is 0. The molecule has 0 aliphatic carbocycles. The van der Waals surface area contributed by atoms with Crippen molar-refractivity contribution < 1.29 is 14.3 Å². The van der Waals surface area contributed by atoms with Gasteiger partial charge in [-0.3, -0.25) is 4.79 Å². The molecule has 0 atom stereocenters. The zero-order chi connectivity index (χ0) is 18.3. The number of urea groups is 1. The minimum absolute atomic E-state index is 0.114. The van der Waals surface area contributed by atoms with E-state index in [4.69, 9.17) is 4.74 Å². The van der Waals surface area contributed by atoms with Gasteiger partial charge in [0.2, 0.25) is 0 Å². The number of hydrogen-bond donors (Lipinski definition) is 2. The molecule has 1 aromatic carbocycles. The van der Waals surface area contributed by atoms with Gasteiger partial charge in [0.15, 0.2) is 0 Å². The van der Waals surface area contributed by atoms with Gasteiger partial charge in [0.05, 0.1) is 6.61 Å². The van der Waals surface area contributed by atoms with Crippen LogP contribution in [0, 0.1) is 0 Å². The third-order valence-electron chi connectivity index (χ3n) is 3.99. The highest BCUT2D eigenvalue weighted by atomic mass is 16.5. The van der Waals surface area contributed by atoms with E-state index in [9.17, 15) is 9.59 Å². The maximum Gasteiger partial charge on any atom is 0.325 e. The minimum Gasteiger partial charge on any atom is -0.465 e. The number of amides is 2. The summed E-state index contributed by atoms with van der Waals surface area (Å²) in [4.78, 5) is 22.8. The molecular weight excluding hydrogens is 316 g/mol. The second-order valence-corrected chi connectivity index (χ2v) is 6.18. The van der Waals surface area contributed by atoms with E-state index in [2.05, 4.69) is 29.7 Å². The van der Waals surface area contributed by atoms with Crippen LogP contribution in [-0.4, -0.2) is 25.2 Å². The van der Waals surface area contributed by atoms with Crippen molar-refractivity contribution in [1.29, 1.82) is 0 Å². The van der Waals surface area contributed by atoms with Gasteiger partial charge in [-0.05, 0) is 30.9 Å². The topological polar surface area (TPSA) is 67.4 Å². The first-order valence-corrected chi connectivity index (χ1v) is 9.40. The van der Waals surface area contributed by atoms with Crippen LogP contribution in [0.25, 0.3) is 0 Å². The fourth-order valence-electron chi connectivity index (χ4n) is 2.54. The van der Waals surface area contributed by atoms with Gasteiger partial charge >= 0.3 is 12.0 Å². The van der Waals surface area contributed by atoms with Crippen molar-refractivity contribution in [1.82, 2.24) is 10.6 Å². The normalized spacial score (nSPS) is 10.3. The standard InChI is InChI=1S/C20H32N2O3/c1-3-5-6-7-8-9-10-17-11-13-18(14-12-17)15-21-20(24)22-16-19(23)25-4-2/h11-14H,3-10,15-16H2,1-2H3,(H2,21,22,24). The Labute approximate surface area is 151 Å². The Balaban J connectivity index is 2.19.